The summed E-state index contributed by atoms with van der Waals surface area (Å²) in [7, 11) is 5.14. The fourth-order valence-corrected chi connectivity index (χ4v) is 0.626. The molecule has 4 heteroatoms. The Hall–Kier alpha value is -0.0551. The molecule has 0 spiro atoms. The largest absolute Gasteiger partial charge is 0.388 e. The van der Waals surface area contributed by atoms with Gasteiger partial charge in [0, 0.05) is 6.00 Å². The SMILES string of the molecule is [B][C@@H]1OC[C@H](O)[C@H]1O. The lowest BCUT2D eigenvalue weighted by Crippen LogP contribution is -2.29. The second-order valence-electron chi connectivity index (χ2n) is 1.86. The first-order valence-electron chi connectivity index (χ1n) is 2.45. The first-order chi connectivity index (χ1) is 3.72. The fourth-order valence-electron chi connectivity index (χ4n) is 0.626. The van der Waals surface area contributed by atoms with Gasteiger partial charge in [-0.1, -0.05) is 0 Å². The molecule has 0 aliphatic carbocycles. The van der Waals surface area contributed by atoms with Crippen molar-refractivity contribution >= 4 is 7.85 Å². The Bertz CT molecular complexity index is 77.4. The van der Waals surface area contributed by atoms with Crippen molar-refractivity contribution in [2.24, 2.45) is 0 Å². The van der Waals surface area contributed by atoms with Gasteiger partial charge in [-0.2, -0.15) is 0 Å². The predicted molar refractivity (Wildman–Crippen MR) is 27.5 cm³/mol. The molecular formula is C4H7BO3. The zero-order valence-electron chi connectivity index (χ0n) is 4.32. The van der Waals surface area contributed by atoms with Crippen LogP contribution in [0.25, 0.3) is 0 Å². The van der Waals surface area contributed by atoms with E-state index in [1.165, 1.54) is 0 Å². The van der Waals surface area contributed by atoms with Crippen molar-refractivity contribution in [3.05, 3.63) is 0 Å². The molecule has 0 unspecified atom stereocenters. The second kappa shape index (κ2) is 2.05. The van der Waals surface area contributed by atoms with Crippen molar-refractivity contribution in [3.8, 4) is 0 Å². The zero-order chi connectivity index (χ0) is 6.15. The first kappa shape index (κ1) is 6.07. The minimum atomic E-state index is -0.907. The van der Waals surface area contributed by atoms with Crippen molar-refractivity contribution in [2.45, 2.75) is 18.2 Å². The molecule has 3 atom stereocenters. The summed E-state index contributed by atoms with van der Waals surface area (Å²) in [6, 6.07) is -0.704. The summed E-state index contributed by atoms with van der Waals surface area (Å²) in [5, 5.41) is 17.5. The van der Waals surface area contributed by atoms with Crippen LogP contribution in [0, 0.1) is 0 Å². The molecule has 0 aromatic heterocycles. The normalized spacial score (nSPS) is 47.5. The molecule has 1 aliphatic rings. The highest BCUT2D eigenvalue weighted by Crippen LogP contribution is 2.09. The van der Waals surface area contributed by atoms with Gasteiger partial charge in [-0.3, -0.25) is 0 Å². The van der Waals surface area contributed by atoms with Crippen LogP contribution in [0.4, 0.5) is 0 Å². The Kier molecular flexibility index (Phi) is 1.55. The number of aliphatic hydroxyl groups excluding tert-OH is 2. The van der Waals surface area contributed by atoms with Gasteiger partial charge in [0.15, 0.2) is 0 Å². The molecular weight excluding hydrogens is 107 g/mol. The molecule has 44 valence electrons. The minimum Gasteiger partial charge on any atom is -0.388 e. The monoisotopic (exact) mass is 114 g/mol. The smallest absolute Gasteiger partial charge is 0.112 e. The maximum atomic E-state index is 8.77. The third kappa shape index (κ3) is 0.867. The molecule has 2 radical (unpaired) electrons. The van der Waals surface area contributed by atoms with Crippen LogP contribution >= 0.6 is 0 Å². The van der Waals surface area contributed by atoms with Gasteiger partial charge < -0.3 is 14.9 Å². The molecule has 1 fully saturated rings. The highest BCUT2D eigenvalue weighted by Gasteiger charge is 2.29. The molecule has 1 aliphatic heterocycles. The molecule has 1 heterocycles. The maximum absolute atomic E-state index is 8.77. The Labute approximate surface area is 48.7 Å². The van der Waals surface area contributed by atoms with E-state index < -0.39 is 18.2 Å². The van der Waals surface area contributed by atoms with Crippen LogP contribution in [0.2, 0.25) is 0 Å². The summed E-state index contributed by atoms with van der Waals surface area (Å²) in [5.41, 5.74) is 0. The molecule has 0 aromatic carbocycles. The van der Waals surface area contributed by atoms with Gasteiger partial charge in [0.25, 0.3) is 0 Å². The van der Waals surface area contributed by atoms with Gasteiger partial charge in [0.2, 0.25) is 0 Å². The van der Waals surface area contributed by atoms with Crippen LogP contribution in [-0.4, -0.2) is 42.9 Å². The predicted octanol–water partition coefficient (Wildman–Crippen LogP) is -1.77. The number of aliphatic hydroxyl groups is 2. The number of ether oxygens (including phenoxy) is 1. The molecule has 2 N–H and O–H groups in total. The van der Waals surface area contributed by atoms with Crippen molar-refractivity contribution in [3.63, 3.8) is 0 Å². The summed E-state index contributed by atoms with van der Waals surface area (Å²) in [5.74, 6) is 0. The average Bonchev–Trinajstić information content (AvgIpc) is 1.98. The van der Waals surface area contributed by atoms with Crippen LogP contribution in [0.3, 0.4) is 0 Å². The van der Waals surface area contributed by atoms with Gasteiger partial charge in [0.05, 0.1) is 12.7 Å². The molecule has 0 saturated carbocycles. The zero-order valence-corrected chi connectivity index (χ0v) is 4.32. The van der Waals surface area contributed by atoms with Gasteiger partial charge in [0.1, 0.15) is 14.0 Å². The molecule has 1 rings (SSSR count). The van der Waals surface area contributed by atoms with Gasteiger partial charge in [-0.25, -0.2) is 0 Å². The quantitative estimate of drug-likeness (QED) is 0.366. The van der Waals surface area contributed by atoms with Crippen LogP contribution in [0.5, 0.6) is 0 Å². The molecule has 3 nitrogen and oxygen atoms in total. The van der Waals surface area contributed by atoms with Gasteiger partial charge >= 0.3 is 0 Å². The standard InChI is InChI=1S/C4H7BO3/c5-4-3(7)2(6)1-8-4/h2-4,6-7H,1H2/t2-,3+,4+/m0/s1. The topological polar surface area (TPSA) is 49.7 Å². The summed E-state index contributed by atoms with van der Waals surface area (Å²) in [4.78, 5) is 0. The van der Waals surface area contributed by atoms with E-state index in [1.54, 1.807) is 0 Å². The van der Waals surface area contributed by atoms with E-state index in [0.29, 0.717) is 0 Å². The van der Waals surface area contributed by atoms with E-state index >= 15 is 0 Å². The lowest BCUT2D eigenvalue weighted by atomic mass is 9.94. The maximum Gasteiger partial charge on any atom is 0.112 e. The summed E-state index contributed by atoms with van der Waals surface area (Å²) in [6.45, 7) is 0.141. The van der Waals surface area contributed by atoms with Gasteiger partial charge in [-0.15, -0.1) is 0 Å². The van der Waals surface area contributed by atoms with Crippen LogP contribution in [-0.2, 0) is 4.74 Å². The number of rotatable bonds is 0. The Balaban J connectivity index is 2.44. The van der Waals surface area contributed by atoms with E-state index in [4.69, 9.17) is 18.1 Å². The molecule has 0 amide bonds. The van der Waals surface area contributed by atoms with Crippen LogP contribution in [0.1, 0.15) is 0 Å². The summed E-state index contributed by atoms with van der Waals surface area (Å²) in [6.07, 6.45) is -1.71. The third-order valence-corrected chi connectivity index (χ3v) is 1.19. The first-order valence-corrected chi connectivity index (χ1v) is 2.45. The van der Waals surface area contributed by atoms with Gasteiger partial charge in [-0.05, 0) is 0 Å². The van der Waals surface area contributed by atoms with Crippen LogP contribution < -0.4 is 0 Å². The van der Waals surface area contributed by atoms with E-state index in [2.05, 4.69) is 4.74 Å². The van der Waals surface area contributed by atoms with Crippen molar-refractivity contribution in [1.82, 2.24) is 0 Å². The van der Waals surface area contributed by atoms with E-state index in [-0.39, 0.29) is 6.61 Å². The van der Waals surface area contributed by atoms with Crippen LogP contribution in [0.15, 0.2) is 0 Å². The Morgan fingerprint density at radius 1 is 1.50 bits per heavy atom. The summed E-state index contributed by atoms with van der Waals surface area (Å²) < 4.78 is 4.66. The Morgan fingerprint density at radius 2 is 2.12 bits per heavy atom. The summed E-state index contributed by atoms with van der Waals surface area (Å²) >= 11 is 0. The van der Waals surface area contributed by atoms with E-state index in [1.807, 2.05) is 0 Å². The minimum absolute atomic E-state index is 0.141. The van der Waals surface area contributed by atoms with E-state index in [9.17, 15) is 0 Å². The number of hydrogen-bond acceptors (Lipinski definition) is 3. The second-order valence-corrected chi connectivity index (χ2v) is 1.86. The van der Waals surface area contributed by atoms with Crippen molar-refractivity contribution in [2.75, 3.05) is 6.61 Å². The van der Waals surface area contributed by atoms with Crippen molar-refractivity contribution < 1.29 is 14.9 Å². The highest BCUT2D eigenvalue weighted by molar-refractivity contribution is 6.11. The molecule has 0 aromatic rings. The molecule has 1 saturated heterocycles. The molecule has 8 heavy (non-hydrogen) atoms. The van der Waals surface area contributed by atoms with Crippen molar-refractivity contribution in [1.29, 1.82) is 0 Å². The fraction of sp³-hybridized carbons (Fsp3) is 1.00. The number of hydrogen-bond donors (Lipinski definition) is 2. The third-order valence-electron chi connectivity index (χ3n) is 1.19. The lowest BCUT2D eigenvalue weighted by Gasteiger charge is -2.07. The molecule has 0 bridgehead atoms. The Morgan fingerprint density at radius 3 is 2.25 bits per heavy atom. The average molecular weight is 114 g/mol. The highest BCUT2D eigenvalue weighted by atomic mass is 16.5. The lowest BCUT2D eigenvalue weighted by molar-refractivity contribution is 0.0502. The van der Waals surface area contributed by atoms with E-state index in [0.717, 1.165) is 0 Å².